The first kappa shape index (κ1) is 32.8. The van der Waals surface area contributed by atoms with E-state index in [9.17, 15) is 50.6 Å². The van der Waals surface area contributed by atoms with Crippen LogP contribution >= 0.6 is 39.1 Å². The number of aryl methyl sites for hydroxylation is 1. The predicted octanol–water partition coefficient (Wildman–Crippen LogP) is 6.65. The number of likely N-dealkylation sites (tertiary alicyclic amines) is 1. The molecule has 1 N–H and O–H groups in total. The zero-order valence-electron chi connectivity index (χ0n) is 23.3. The molecule has 16 heteroatoms. The Bertz CT molecular complexity index is 1730. The fraction of sp³-hybridized carbons (Fsp3) is 0.400. The Hall–Kier alpha value is -3.10. The van der Waals surface area contributed by atoms with Crippen LogP contribution in [0.25, 0.3) is 0 Å². The Morgan fingerprint density at radius 3 is 2.11 bits per heavy atom. The number of imide groups is 2. The van der Waals surface area contributed by atoms with Gasteiger partial charge in [0.1, 0.15) is 5.75 Å². The number of amides is 4. The Labute approximate surface area is 275 Å². The van der Waals surface area contributed by atoms with Crippen molar-refractivity contribution in [3.63, 3.8) is 0 Å². The van der Waals surface area contributed by atoms with E-state index in [1.54, 1.807) is 19.1 Å². The molecule has 4 aliphatic rings. The van der Waals surface area contributed by atoms with Crippen molar-refractivity contribution in [2.75, 3.05) is 10.4 Å². The molecular weight excluding hydrogens is 733 g/mol. The van der Waals surface area contributed by atoms with Gasteiger partial charge >= 0.3 is 12.4 Å². The number of hydrogen-bond acceptors (Lipinski definition) is 5. The second-order valence-electron chi connectivity index (χ2n) is 11.8. The van der Waals surface area contributed by atoms with Crippen LogP contribution in [-0.2, 0) is 31.5 Å². The van der Waals surface area contributed by atoms with Crippen LogP contribution in [0.3, 0.4) is 0 Å². The number of phenols is 1. The Kier molecular flexibility index (Phi) is 7.46. The third-order valence-electron chi connectivity index (χ3n) is 9.43. The van der Waals surface area contributed by atoms with Gasteiger partial charge in [-0.2, -0.15) is 26.3 Å². The van der Waals surface area contributed by atoms with E-state index in [0.717, 1.165) is 4.90 Å². The van der Waals surface area contributed by atoms with Gasteiger partial charge in [-0.25, -0.2) is 4.90 Å². The van der Waals surface area contributed by atoms with Crippen molar-refractivity contribution < 1.29 is 50.6 Å². The van der Waals surface area contributed by atoms with Gasteiger partial charge in [0.05, 0.1) is 34.1 Å². The average Bonchev–Trinajstić information content (AvgIpc) is 3.31. The largest absolute Gasteiger partial charge is 0.507 e. The Morgan fingerprint density at radius 2 is 1.54 bits per heavy atom. The number of hydrogen-bond donors (Lipinski definition) is 1. The van der Waals surface area contributed by atoms with E-state index in [4.69, 9.17) is 23.2 Å². The third kappa shape index (κ3) is 4.38. The number of anilines is 1. The molecule has 7 nitrogen and oxygen atoms in total. The number of aromatic hydroxyl groups is 1. The van der Waals surface area contributed by atoms with Crippen molar-refractivity contribution in [3.8, 4) is 5.75 Å². The SMILES string of the molecule is Cc1cccc([C@H]2C3=CC[C@@H]4C(=O)N(c5cc(C(F)(F)F)cc(C(F)(F)F)c5)C(=O)[C@@H]4[C@@H]3C[C@@]3(Cl)C(=O)N(CBr)C(=O)[C@@]23Cl)c1O. The lowest BCUT2D eigenvalue weighted by Gasteiger charge is -2.50. The zero-order valence-corrected chi connectivity index (χ0v) is 26.4. The smallest absolute Gasteiger partial charge is 0.416 e. The molecule has 2 aromatic rings. The highest BCUT2D eigenvalue weighted by Gasteiger charge is 2.76. The van der Waals surface area contributed by atoms with Crippen molar-refractivity contribution in [1.82, 2.24) is 4.90 Å². The molecular formula is C30H21BrCl2F6N2O5. The Morgan fingerprint density at radius 1 is 0.935 bits per heavy atom. The van der Waals surface area contributed by atoms with Crippen molar-refractivity contribution in [2.45, 2.75) is 47.8 Å². The minimum atomic E-state index is -5.24. The molecule has 1 saturated carbocycles. The number of phenolic OH excluding ortho intramolecular Hbond substituents is 1. The van der Waals surface area contributed by atoms with Gasteiger partial charge in [-0.05, 0) is 49.4 Å². The highest BCUT2D eigenvalue weighted by Crippen LogP contribution is 2.66. The van der Waals surface area contributed by atoms with Gasteiger partial charge in [-0.3, -0.25) is 24.1 Å². The maximum atomic E-state index is 14.1. The number of allylic oxidation sites excluding steroid dienone is 2. The molecule has 0 aromatic heterocycles. The van der Waals surface area contributed by atoms with E-state index in [-0.39, 0.29) is 34.8 Å². The molecule has 0 bridgehead atoms. The van der Waals surface area contributed by atoms with Crippen LogP contribution in [0.15, 0.2) is 48.0 Å². The summed E-state index contributed by atoms with van der Waals surface area (Å²) in [5, 5.41) is 11.1. The second-order valence-corrected chi connectivity index (χ2v) is 13.5. The molecule has 6 rings (SSSR count). The van der Waals surface area contributed by atoms with Gasteiger partial charge in [0.25, 0.3) is 11.8 Å². The summed E-state index contributed by atoms with van der Waals surface area (Å²) in [7, 11) is 0. The lowest BCUT2D eigenvalue weighted by molar-refractivity contribution is -0.143. The van der Waals surface area contributed by atoms with Crippen LogP contribution < -0.4 is 4.90 Å². The number of benzene rings is 2. The zero-order chi connectivity index (χ0) is 33.9. The minimum Gasteiger partial charge on any atom is -0.507 e. The second kappa shape index (κ2) is 10.4. The molecule has 3 fully saturated rings. The van der Waals surface area contributed by atoms with Crippen LogP contribution in [-0.4, -0.2) is 48.8 Å². The molecule has 244 valence electrons. The van der Waals surface area contributed by atoms with Gasteiger partial charge in [0, 0.05) is 11.5 Å². The van der Waals surface area contributed by atoms with Crippen LogP contribution in [0, 0.1) is 24.7 Å². The molecule has 2 heterocycles. The number of alkyl halides is 9. The van der Waals surface area contributed by atoms with E-state index in [0.29, 0.717) is 22.6 Å². The molecule has 46 heavy (non-hydrogen) atoms. The van der Waals surface area contributed by atoms with E-state index in [1.807, 2.05) is 0 Å². The average molecular weight is 754 g/mol. The number of halogens is 9. The maximum Gasteiger partial charge on any atom is 0.416 e. The van der Waals surface area contributed by atoms with Crippen molar-refractivity contribution in [2.24, 2.45) is 17.8 Å². The molecule has 6 atom stereocenters. The van der Waals surface area contributed by atoms with Crippen LogP contribution in [0.1, 0.15) is 41.0 Å². The van der Waals surface area contributed by atoms with Gasteiger partial charge in [0.15, 0.2) is 9.75 Å². The molecule has 2 saturated heterocycles. The summed E-state index contributed by atoms with van der Waals surface area (Å²) in [6.45, 7) is 1.58. The van der Waals surface area contributed by atoms with E-state index >= 15 is 0 Å². The number of carbonyl (C=O) groups excluding carboxylic acids is 4. The summed E-state index contributed by atoms with van der Waals surface area (Å²) >= 11 is 17.3. The first-order valence-corrected chi connectivity index (χ1v) is 15.6. The van der Waals surface area contributed by atoms with Gasteiger partial charge in [0.2, 0.25) is 11.8 Å². The summed E-state index contributed by atoms with van der Waals surface area (Å²) in [5.41, 5.74) is -3.86. The lowest BCUT2D eigenvalue weighted by Crippen LogP contribution is -2.60. The number of carbonyl (C=O) groups is 4. The molecule has 0 radical (unpaired) electrons. The molecule has 2 aliphatic heterocycles. The minimum absolute atomic E-state index is 0.105. The van der Waals surface area contributed by atoms with E-state index < -0.39 is 92.6 Å². The normalized spacial score (nSPS) is 31.2. The monoisotopic (exact) mass is 752 g/mol. The molecule has 2 aromatic carbocycles. The quantitative estimate of drug-likeness (QED) is 0.125. The van der Waals surface area contributed by atoms with Crippen LogP contribution in [0.5, 0.6) is 5.75 Å². The fourth-order valence-corrected chi connectivity index (χ4v) is 8.75. The topological polar surface area (TPSA) is 95.0 Å². The lowest BCUT2D eigenvalue weighted by atomic mass is 9.56. The number of fused-ring (bicyclic) bond motifs is 4. The van der Waals surface area contributed by atoms with Gasteiger partial charge in [-0.15, -0.1) is 23.2 Å². The number of rotatable bonds is 3. The number of para-hydroxylation sites is 1. The maximum absolute atomic E-state index is 14.1. The summed E-state index contributed by atoms with van der Waals surface area (Å²) < 4.78 is 81.9. The van der Waals surface area contributed by atoms with Crippen LogP contribution in [0.4, 0.5) is 32.0 Å². The van der Waals surface area contributed by atoms with Crippen molar-refractivity contribution in [1.29, 1.82) is 0 Å². The highest BCUT2D eigenvalue weighted by molar-refractivity contribution is 9.09. The first-order valence-electron chi connectivity index (χ1n) is 13.7. The van der Waals surface area contributed by atoms with Crippen LogP contribution in [0.2, 0.25) is 0 Å². The Balaban J connectivity index is 1.52. The summed E-state index contributed by atoms with van der Waals surface area (Å²) in [5.74, 6) is -9.24. The molecule has 0 spiro atoms. The molecule has 0 unspecified atom stereocenters. The highest BCUT2D eigenvalue weighted by atomic mass is 79.9. The van der Waals surface area contributed by atoms with Gasteiger partial charge in [-0.1, -0.05) is 45.8 Å². The first-order chi connectivity index (χ1) is 21.3. The van der Waals surface area contributed by atoms with E-state index in [1.165, 1.54) is 12.1 Å². The summed E-state index contributed by atoms with van der Waals surface area (Å²) in [6, 6.07) is 5.09. The number of nitrogens with zero attached hydrogens (tertiary/aromatic N) is 2. The standard InChI is InChI=1S/C30H21BrCl2F6N2O5/c1-12-3-2-4-18(22(12)42)21-16-5-6-17-20(19(16)10-27(32)25(45)40(11-31)26(46)28(21,27)33)24(44)41(23(17)43)15-8-13(29(34,35)36)7-14(9-15)30(37,38)39/h2-5,7-9,17,19-21,42H,6,10-11H2,1H3/t17-,19+,20-,21+,27+,28-/m0/s1. The fourth-order valence-electron chi connectivity index (χ4n) is 7.34. The van der Waals surface area contributed by atoms with Gasteiger partial charge < -0.3 is 5.11 Å². The molecule has 2 aliphatic carbocycles. The van der Waals surface area contributed by atoms with Crippen molar-refractivity contribution >= 4 is 68.4 Å². The van der Waals surface area contributed by atoms with E-state index in [2.05, 4.69) is 15.9 Å². The third-order valence-corrected chi connectivity index (χ3v) is 11.3. The van der Waals surface area contributed by atoms with Crippen molar-refractivity contribution in [3.05, 3.63) is 70.3 Å². The molecule has 4 amide bonds. The summed E-state index contributed by atoms with van der Waals surface area (Å²) in [4.78, 5) is 51.9. The summed E-state index contributed by atoms with van der Waals surface area (Å²) in [6.07, 6.45) is -9.61. The predicted molar refractivity (Wildman–Crippen MR) is 155 cm³/mol.